The Morgan fingerprint density at radius 1 is 1.40 bits per heavy atom. The summed E-state index contributed by atoms with van der Waals surface area (Å²) >= 11 is 3.00. The van der Waals surface area contributed by atoms with Crippen LogP contribution in [0.1, 0.15) is 22.8 Å². The summed E-state index contributed by atoms with van der Waals surface area (Å²) in [6.07, 6.45) is 0. The topological polar surface area (TPSA) is 26.3 Å². The van der Waals surface area contributed by atoms with Crippen molar-refractivity contribution in [2.45, 2.75) is 12.3 Å². The fourth-order valence-corrected chi connectivity index (χ4v) is 1.70. The van der Waals surface area contributed by atoms with Crippen LogP contribution < -0.4 is 0 Å². The Morgan fingerprint density at radius 2 is 2.00 bits per heavy atom. The van der Waals surface area contributed by atoms with Crippen molar-refractivity contribution in [1.29, 1.82) is 0 Å². The Hall–Kier alpha value is -0.970. The summed E-state index contributed by atoms with van der Waals surface area (Å²) in [5.41, 5.74) is -0.359. The Kier molecular flexibility index (Phi) is 4.20. The van der Waals surface area contributed by atoms with Crippen LogP contribution in [0, 0.1) is 11.6 Å². The molecule has 15 heavy (non-hydrogen) atoms. The van der Waals surface area contributed by atoms with Crippen LogP contribution in [0.5, 0.6) is 0 Å². The van der Waals surface area contributed by atoms with Crippen LogP contribution in [0.3, 0.4) is 0 Å². The van der Waals surface area contributed by atoms with Gasteiger partial charge in [0.2, 0.25) is 0 Å². The molecule has 0 heterocycles. The molecule has 1 rings (SSSR count). The minimum absolute atomic E-state index is 0.0200. The Morgan fingerprint density at radius 3 is 2.53 bits per heavy atom. The lowest BCUT2D eigenvalue weighted by Crippen LogP contribution is -2.11. The summed E-state index contributed by atoms with van der Waals surface area (Å²) in [6.45, 7) is 1.72. The Balaban J connectivity index is 3.24. The molecular formula is C10H9BrF2O2. The van der Waals surface area contributed by atoms with E-state index in [1.165, 1.54) is 0 Å². The third-order valence-corrected chi connectivity index (χ3v) is 2.38. The summed E-state index contributed by atoms with van der Waals surface area (Å²) in [6, 6.07) is 1.89. The van der Waals surface area contributed by atoms with Crippen molar-refractivity contribution in [2.75, 3.05) is 6.61 Å². The maximum atomic E-state index is 13.3. The molecule has 82 valence electrons. The van der Waals surface area contributed by atoms with E-state index in [-0.39, 0.29) is 23.1 Å². The first kappa shape index (κ1) is 12.1. The molecule has 0 bridgehead atoms. The third-order valence-electron chi connectivity index (χ3n) is 1.82. The fraction of sp³-hybridized carbons (Fsp3) is 0.300. The van der Waals surface area contributed by atoms with Crippen LogP contribution in [-0.2, 0) is 10.1 Å². The summed E-state index contributed by atoms with van der Waals surface area (Å²) < 4.78 is 31.2. The van der Waals surface area contributed by atoms with Gasteiger partial charge in [0, 0.05) is 10.9 Å². The van der Waals surface area contributed by atoms with E-state index in [0.717, 1.165) is 12.1 Å². The third kappa shape index (κ3) is 2.53. The largest absolute Gasteiger partial charge is 0.462 e. The van der Waals surface area contributed by atoms with E-state index in [2.05, 4.69) is 20.7 Å². The molecule has 1 aromatic rings. The zero-order chi connectivity index (χ0) is 11.4. The molecule has 0 fully saturated rings. The predicted octanol–water partition coefficient (Wildman–Crippen LogP) is 3.04. The second-order valence-electron chi connectivity index (χ2n) is 2.74. The highest BCUT2D eigenvalue weighted by atomic mass is 79.9. The molecule has 0 saturated carbocycles. The zero-order valence-electron chi connectivity index (χ0n) is 8.02. The Bertz CT molecular complexity index is 380. The first-order valence-corrected chi connectivity index (χ1v) is 5.43. The van der Waals surface area contributed by atoms with Gasteiger partial charge in [-0.25, -0.2) is 13.6 Å². The molecule has 2 nitrogen and oxygen atoms in total. The fourth-order valence-electron chi connectivity index (χ4n) is 1.15. The number of rotatable bonds is 3. The molecule has 0 aliphatic heterocycles. The summed E-state index contributed by atoms with van der Waals surface area (Å²) in [7, 11) is 0. The van der Waals surface area contributed by atoms with Crippen molar-refractivity contribution in [1.82, 2.24) is 0 Å². The van der Waals surface area contributed by atoms with Crippen molar-refractivity contribution >= 4 is 21.9 Å². The van der Waals surface area contributed by atoms with Gasteiger partial charge in [0.15, 0.2) is 0 Å². The second kappa shape index (κ2) is 5.21. The van der Waals surface area contributed by atoms with Crippen LogP contribution in [0.15, 0.2) is 12.1 Å². The van der Waals surface area contributed by atoms with E-state index < -0.39 is 17.6 Å². The van der Waals surface area contributed by atoms with Gasteiger partial charge in [-0.05, 0) is 19.1 Å². The number of carbonyl (C=O) groups excluding carboxylic acids is 1. The summed E-state index contributed by atoms with van der Waals surface area (Å²) in [5.74, 6) is -2.25. The van der Waals surface area contributed by atoms with Gasteiger partial charge in [-0.15, -0.1) is 0 Å². The minimum Gasteiger partial charge on any atom is -0.462 e. The molecule has 0 unspecified atom stereocenters. The zero-order valence-corrected chi connectivity index (χ0v) is 9.61. The second-order valence-corrected chi connectivity index (χ2v) is 3.30. The van der Waals surface area contributed by atoms with E-state index in [1.807, 2.05) is 0 Å². The monoisotopic (exact) mass is 278 g/mol. The molecule has 0 aliphatic rings. The van der Waals surface area contributed by atoms with Crippen LogP contribution >= 0.6 is 15.9 Å². The lowest BCUT2D eigenvalue weighted by Gasteiger charge is -2.08. The van der Waals surface area contributed by atoms with Crippen LogP contribution in [0.2, 0.25) is 0 Å². The van der Waals surface area contributed by atoms with Gasteiger partial charge in [0.1, 0.15) is 17.2 Å². The van der Waals surface area contributed by atoms with Crippen molar-refractivity contribution in [2.24, 2.45) is 0 Å². The minimum atomic E-state index is -0.844. The number of hydrogen-bond donors (Lipinski definition) is 0. The highest BCUT2D eigenvalue weighted by Gasteiger charge is 2.20. The predicted molar refractivity (Wildman–Crippen MR) is 54.9 cm³/mol. The quantitative estimate of drug-likeness (QED) is 0.628. The molecule has 0 aromatic heterocycles. The average molecular weight is 279 g/mol. The van der Waals surface area contributed by atoms with E-state index in [9.17, 15) is 13.6 Å². The van der Waals surface area contributed by atoms with Crippen LogP contribution in [-0.4, -0.2) is 12.6 Å². The molecule has 0 radical (unpaired) electrons. The van der Waals surface area contributed by atoms with Gasteiger partial charge in [-0.1, -0.05) is 15.9 Å². The molecular weight excluding hydrogens is 270 g/mol. The SMILES string of the molecule is CCOC(=O)c1c(F)ccc(F)c1CBr. The number of ether oxygens (including phenoxy) is 1. The molecule has 0 aliphatic carbocycles. The van der Waals surface area contributed by atoms with Crippen molar-refractivity contribution in [3.63, 3.8) is 0 Å². The first-order chi connectivity index (χ1) is 7.11. The van der Waals surface area contributed by atoms with Crippen molar-refractivity contribution < 1.29 is 18.3 Å². The number of benzene rings is 1. The average Bonchev–Trinajstić information content (AvgIpc) is 2.21. The van der Waals surface area contributed by atoms with Crippen molar-refractivity contribution in [3.05, 3.63) is 34.9 Å². The number of esters is 1. The van der Waals surface area contributed by atoms with Gasteiger partial charge in [0.25, 0.3) is 0 Å². The van der Waals surface area contributed by atoms with Crippen LogP contribution in [0.25, 0.3) is 0 Å². The van der Waals surface area contributed by atoms with Gasteiger partial charge in [-0.2, -0.15) is 0 Å². The number of carbonyl (C=O) groups is 1. The van der Waals surface area contributed by atoms with E-state index in [1.54, 1.807) is 6.92 Å². The maximum Gasteiger partial charge on any atom is 0.341 e. The lowest BCUT2D eigenvalue weighted by molar-refractivity contribution is 0.0519. The first-order valence-electron chi connectivity index (χ1n) is 4.31. The van der Waals surface area contributed by atoms with Gasteiger partial charge < -0.3 is 4.74 Å². The van der Waals surface area contributed by atoms with E-state index in [0.29, 0.717) is 0 Å². The molecule has 0 amide bonds. The number of halogens is 3. The van der Waals surface area contributed by atoms with Gasteiger partial charge >= 0.3 is 5.97 Å². The number of hydrogen-bond acceptors (Lipinski definition) is 2. The molecule has 5 heteroatoms. The van der Waals surface area contributed by atoms with E-state index >= 15 is 0 Å². The molecule has 0 spiro atoms. The molecule has 0 atom stereocenters. The molecule has 1 aromatic carbocycles. The highest BCUT2D eigenvalue weighted by Crippen LogP contribution is 2.21. The Labute approximate surface area is 94.4 Å². The standard InChI is InChI=1S/C10H9BrF2O2/c1-2-15-10(14)9-6(5-11)7(12)3-4-8(9)13/h3-4H,2,5H2,1H3. The normalized spacial score (nSPS) is 10.1. The van der Waals surface area contributed by atoms with Crippen molar-refractivity contribution in [3.8, 4) is 0 Å². The number of alkyl halides is 1. The van der Waals surface area contributed by atoms with Crippen LogP contribution in [0.4, 0.5) is 8.78 Å². The maximum absolute atomic E-state index is 13.3. The smallest absolute Gasteiger partial charge is 0.341 e. The van der Waals surface area contributed by atoms with Gasteiger partial charge in [-0.3, -0.25) is 0 Å². The summed E-state index contributed by atoms with van der Waals surface area (Å²) in [5, 5.41) is 0.0603. The molecule has 0 N–H and O–H groups in total. The molecule has 0 saturated heterocycles. The lowest BCUT2D eigenvalue weighted by atomic mass is 10.1. The summed E-state index contributed by atoms with van der Waals surface area (Å²) in [4.78, 5) is 11.3. The van der Waals surface area contributed by atoms with E-state index in [4.69, 9.17) is 0 Å². The highest BCUT2D eigenvalue weighted by molar-refractivity contribution is 9.08. The van der Waals surface area contributed by atoms with Gasteiger partial charge in [0.05, 0.1) is 6.61 Å².